The van der Waals surface area contributed by atoms with Gasteiger partial charge in [-0.25, -0.2) is 4.39 Å². The molecule has 1 aliphatic heterocycles. The fourth-order valence-electron chi connectivity index (χ4n) is 3.03. The predicted octanol–water partition coefficient (Wildman–Crippen LogP) is 2.90. The number of rotatable bonds is 3. The van der Waals surface area contributed by atoms with Crippen LogP contribution in [0.1, 0.15) is 32.3 Å². The van der Waals surface area contributed by atoms with Crippen molar-refractivity contribution in [1.82, 2.24) is 4.90 Å². The summed E-state index contributed by atoms with van der Waals surface area (Å²) in [4.78, 5) is 13.5. The number of hydrogen-bond acceptors (Lipinski definition) is 2. The van der Waals surface area contributed by atoms with Crippen molar-refractivity contribution < 1.29 is 14.3 Å². The van der Waals surface area contributed by atoms with Crippen molar-refractivity contribution in [2.75, 3.05) is 6.54 Å². The quantitative estimate of drug-likeness (QED) is 0.913. The van der Waals surface area contributed by atoms with Crippen LogP contribution < -0.4 is 0 Å². The van der Waals surface area contributed by atoms with Gasteiger partial charge in [-0.05, 0) is 42.5 Å². The van der Waals surface area contributed by atoms with Crippen LogP contribution in [-0.4, -0.2) is 28.6 Å². The average molecular weight is 265 g/mol. The van der Waals surface area contributed by atoms with E-state index in [2.05, 4.69) is 0 Å². The van der Waals surface area contributed by atoms with E-state index >= 15 is 0 Å². The van der Waals surface area contributed by atoms with E-state index < -0.39 is 12.0 Å². The summed E-state index contributed by atoms with van der Waals surface area (Å²) < 4.78 is 13.2. The van der Waals surface area contributed by atoms with Crippen molar-refractivity contribution >= 4 is 5.97 Å². The van der Waals surface area contributed by atoms with E-state index in [1.54, 1.807) is 6.07 Å². The summed E-state index contributed by atoms with van der Waals surface area (Å²) in [6.45, 7) is 5.21. The van der Waals surface area contributed by atoms with Crippen molar-refractivity contribution in [3.63, 3.8) is 0 Å². The van der Waals surface area contributed by atoms with Gasteiger partial charge in [0.05, 0.1) is 0 Å². The van der Waals surface area contributed by atoms with E-state index in [0.717, 1.165) is 24.9 Å². The van der Waals surface area contributed by atoms with Crippen LogP contribution in [0.3, 0.4) is 0 Å². The maximum Gasteiger partial charge on any atom is 0.321 e. The van der Waals surface area contributed by atoms with Gasteiger partial charge in [0, 0.05) is 6.54 Å². The van der Waals surface area contributed by atoms with Crippen LogP contribution in [0.2, 0.25) is 0 Å². The minimum absolute atomic E-state index is 0.253. The first-order valence-electron chi connectivity index (χ1n) is 6.61. The maximum absolute atomic E-state index is 13.2. The van der Waals surface area contributed by atoms with Crippen LogP contribution in [0.5, 0.6) is 0 Å². The molecule has 1 saturated heterocycles. The number of hydrogen-bond donors (Lipinski definition) is 1. The van der Waals surface area contributed by atoms with Gasteiger partial charge in [-0.1, -0.05) is 26.0 Å². The van der Waals surface area contributed by atoms with Gasteiger partial charge < -0.3 is 5.11 Å². The first kappa shape index (κ1) is 14.0. The number of carboxylic acids is 1. The molecule has 0 aliphatic carbocycles. The Balaban J connectivity index is 2.20. The lowest BCUT2D eigenvalue weighted by molar-refractivity contribution is -0.151. The normalized spacial score (nSPS) is 23.2. The van der Waals surface area contributed by atoms with Crippen molar-refractivity contribution in [3.05, 3.63) is 35.6 Å². The van der Waals surface area contributed by atoms with Gasteiger partial charge in [0.1, 0.15) is 11.9 Å². The monoisotopic (exact) mass is 265 g/mol. The Labute approximate surface area is 113 Å². The van der Waals surface area contributed by atoms with Gasteiger partial charge in [-0.3, -0.25) is 9.69 Å². The van der Waals surface area contributed by atoms with E-state index in [4.69, 9.17) is 0 Å². The molecule has 0 spiro atoms. The highest BCUT2D eigenvalue weighted by Crippen LogP contribution is 2.36. The molecular weight excluding hydrogens is 245 g/mol. The third-order valence-electron chi connectivity index (χ3n) is 3.88. The molecular formula is C15H20FNO2. The van der Waals surface area contributed by atoms with Crippen molar-refractivity contribution in [2.24, 2.45) is 5.41 Å². The Hall–Kier alpha value is -1.42. The lowest BCUT2D eigenvalue weighted by atomic mass is 9.76. The van der Waals surface area contributed by atoms with Crippen molar-refractivity contribution in [2.45, 2.75) is 39.3 Å². The molecule has 1 aromatic carbocycles. The Morgan fingerprint density at radius 3 is 2.89 bits per heavy atom. The fourth-order valence-corrected chi connectivity index (χ4v) is 3.03. The summed E-state index contributed by atoms with van der Waals surface area (Å²) in [6, 6.07) is 5.86. The first-order valence-corrected chi connectivity index (χ1v) is 6.61. The highest BCUT2D eigenvalue weighted by atomic mass is 19.1. The fraction of sp³-hybridized carbons (Fsp3) is 0.533. The van der Waals surface area contributed by atoms with E-state index in [9.17, 15) is 14.3 Å². The second-order valence-electron chi connectivity index (χ2n) is 5.93. The van der Waals surface area contributed by atoms with Gasteiger partial charge >= 0.3 is 5.97 Å². The zero-order valence-electron chi connectivity index (χ0n) is 11.4. The molecule has 19 heavy (non-hydrogen) atoms. The zero-order valence-corrected chi connectivity index (χ0v) is 11.4. The van der Waals surface area contributed by atoms with E-state index in [1.807, 2.05) is 24.8 Å². The largest absolute Gasteiger partial charge is 0.480 e. The molecule has 0 amide bonds. The molecule has 0 bridgehead atoms. The lowest BCUT2D eigenvalue weighted by Crippen LogP contribution is -2.53. The predicted molar refractivity (Wildman–Crippen MR) is 71.2 cm³/mol. The molecule has 3 nitrogen and oxygen atoms in total. The van der Waals surface area contributed by atoms with E-state index in [0.29, 0.717) is 6.54 Å². The number of piperidine rings is 1. The highest BCUT2D eigenvalue weighted by Gasteiger charge is 2.42. The molecule has 1 aromatic rings. The van der Waals surface area contributed by atoms with Crippen LogP contribution in [0.4, 0.5) is 4.39 Å². The number of benzene rings is 1. The molecule has 1 fully saturated rings. The molecule has 1 aliphatic rings. The maximum atomic E-state index is 13.2. The van der Waals surface area contributed by atoms with Crippen LogP contribution in [0.25, 0.3) is 0 Å². The number of nitrogens with zero attached hydrogens (tertiary/aromatic N) is 1. The molecule has 1 heterocycles. The van der Waals surface area contributed by atoms with Gasteiger partial charge in [0.15, 0.2) is 0 Å². The molecule has 1 atom stereocenters. The van der Waals surface area contributed by atoms with E-state index in [-0.39, 0.29) is 11.2 Å². The number of carboxylic acid groups (broad SMARTS) is 1. The zero-order chi connectivity index (χ0) is 14.0. The molecule has 4 heteroatoms. The summed E-state index contributed by atoms with van der Waals surface area (Å²) in [5, 5.41) is 9.46. The Kier molecular flexibility index (Phi) is 3.90. The molecule has 0 aromatic heterocycles. The second-order valence-corrected chi connectivity index (χ2v) is 5.93. The second kappa shape index (κ2) is 5.29. The number of carbonyl (C=O) groups is 1. The Morgan fingerprint density at radius 2 is 2.26 bits per heavy atom. The summed E-state index contributed by atoms with van der Waals surface area (Å²) in [5.41, 5.74) is 0.571. The highest BCUT2D eigenvalue weighted by molar-refractivity contribution is 5.74. The van der Waals surface area contributed by atoms with E-state index in [1.165, 1.54) is 12.1 Å². The summed E-state index contributed by atoms with van der Waals surface area (Å²) in [6.07, 6.45) is 1.88. The standard InChI is InChI=1S/C15H20FNO2/c1-15(2)7-4-8-17(13(15)14(18)19)10-11-5-3-6-12(16)9-11/h3,5-6,9,13H,4,7-8,10H2,1-2H3,(H,18,19). The van der Waals surface area contributed by atoms with Crippen LogP contribution in [0.15, 0.2) is 24.3 Å². The topological polar surface area (TPSA) is 40.5 Å². The minimum Gasteiger partial charge on any atom is -0.480 e. The smallest absolute Gasteiger partial charge is 0.321 e. The van der Waals surface area contributed by atoms with Gasteiger partial charge in [-0.2, -0.15) is 0 Å². The van der Waals surface area contributed by atoms with Gasteiger partial charge in [0.2, 0.25) is 0 Å². The van der Waals surface area contributed by atoms with Crippen LogP contribution >= 0.6 is 0 Å². The molecule has 104 valence electrons. The third kappa shape index (κ3) is 3.13. The Morgan fingerprint density at radius 1 is 1.53 bits per heavy atom. The number of halogens is 1. The molecule has 2 rings (SSSR count). The Bertz CT molecular complexity index is 473. The number of aliphatic carboxylic acids is 1. The van der Waals surface area contributed by atoms with Crippen LogP contribution in [-0.2, 0) is 11.3 Å². The summed E-state index contributed by atoms with van der Waals surface area (Å²) in [7, 11) is 0. The molecule has 0 saturated carbocycles. The third-order valence-corrected chi connectivity index (χ3v) is 3.88. The van der Waals surface area contributed by atoms with Crippen molar-refractivity contribution in [1.29, 1.82) is 0 Å². The average Bonchev–Trinajstić information content (AvgIpc) is 2.26. The molecule has 1 unspecified atom stereocenters. The molecule has 0 radical (unpaired) electrons. The SMILES string of the molecule is CC1(C)CCCN(Cc2cccc(F)c2)C1C(=O)O. The summed E-state index contributed by atoms with van der Waals surface area (Å²) in [5.74, 6) is -1.07. The minimum atomic E-state index is -0.791. The van der Waals surface area contributed by atoms with Gasteiger partial charge in [0.25, 0.3) is 0 Å². The molecule has 1 N–H and O–H groups in total. The summed E-state index contributed by atoms with van der Waals surface area (Å²) >= 11 is 0. The first-order chi connectivity index (χ1) is 8.90. The van der Waals surface area contributed by atoms with Crippen molar-refractivity contribution in [3.8, 4) is 0 Å². The van der Waals surface area contributed by atoms with Crippen LogP contribution in [0, 0.1) is 11.2 Å². The van der Waals surface area contributed by atoms with Gasteiger partial charge in [-0.15, -0.1) is 0 Å². The number of likely N-dealkylation sites (tertiary alicyclic amines) is 1. The lowest BCUT2D eigenvalue weighted by Gasteiger charge is -2.44.